The maximum atomic E-state index is 11.8. The van der Waals surface area contributed by atoms with Gasteiger partial charge in [0.05, 0.1) is 0 Å². The number of anilines is 2. The van der Waals surface area contributed by atoms with E-state index in [1.165, 1.54) is 0 Å². The molecule has 0 bridgehead atoms. The first kappa shape index (κ1) is 12.4. The first-order valence-electron chi connectivity index (χ1n) is 6.13. The third-order valence-electron chi connectivity index (χ3n) is 2.76. The predicted molar refractivity (Wildman–Crippen MR) is 75.3 cm³/mol. The summed E-state index contributed by atoms with van der Waals surface area (Å²) >= 11 is 0. The second-order valence-electron chi connectivity index (χ2n) is 4.59. The molecule has 0 spiro atoms. The van der Waals surface area contributed by atoms with Gasteiger partial charge < -0.3 is 5.32 Å². The topological polar surface area (TPSA) is 29.1 Å². The minimum absolute atomic E-state index is 0.0398. The number of benzene rings is 2. The lowest BCUT2D eigenvalue weighted by Gasteiger charge is -2.08. The number of carbonyl (C=O) groups excluding carboxylic acids is 1. The fourth-order valence-electron chi connectivity index (χ4n) is 1.74. The summed E-state index contributed by atoms with van der Waals surface area (Å²) in [6, 6.07) is 17.6. The Morgan fingerprint density at radius 2 is 1.44 bits per heavy atom. The van der Waals surface area contributed by atoms with Crippen molar-refractivity contribution in [3.05, 3.63) is 60.2 Å². The van der Waals surface area contributed by atoms with Crippen LogP contribution in [0.1, 0.15) is 24.2 Å². The summed E-state index contributed by atoms with van der Waals surface area (Å²) < 4.78 is 0. The maximum Gasteiger partial charge on any atom is 0.165 e. The molecule has 0 aliphatic rings. The van der Waals surface area contributed by atoms with Crippen LogP contribution in [0.4, 0.5) is 11.4 Å². The van der Waals surface area contributed by atoms with Crippen LogP contribution < -0.4 is 5.32 Å². The van der Waals surface area contributed by atoms with Crippen molar-refractivity contribution in [3.63, 3.8) is 0 Å². The van der Waals surface area contributed by atoms with E-state index < -0.39 is 0 Å². The normalized spacial score (nSPS) is 10.4. The van der Waals surface area contributed by atoms with E-state index in [1.807, 2.05) is 68.4 Å². The Morgan fingerprint density at radius 3 is 2.00 bits per heavy atom. The highest BCUT2D eigenvalue weighted by Gasteiger charge is 2.09. The summed E-state index contributed by atoms with van der Waals surface area (Å²) in [5.41, 5.74) is 2.80. The van der Waals surface area contributed by atoms with Crippen LogP contribution in [-0.4, -0.2) is 5.78 Å². The quantitative estimate of drug-likeness (QED) is 0.807. The monoisotopic (exact) mass is 239 g/mol. The van der Waals surface area contributed by atoms with E-state index in [1.54, 1.807) is 0 Å². The predicted octanol–water partition coefficient (Wildman–Crippen LogP) is 4.27. The summed E-state index contributed by atoms with van der Waals surface area (Å²) in [4.78, 5) is 11.8. The smallest absolute Gasteiger partial charge is 0.165 e. The van der Waals surface area contributed by atoms with Crippen molar-refractivity contribution < 1.29 is 4.79 Å². The number of para-hydroxylation sites is 1. The number of carbonyl (C=O) groups is 1. The van der Waals surface area contributed by atoms with Crippen LogP contribution in [0, 0.1) is 5.92 Å². The van der Waals surface area contributed by atoms with Gasteiger partial charge in [0.2, 0.25) is 0 Å². The molecule has 0 heterocycles. The van der Waals surface area contributed by atoms with Gasteiger partial charge in [-0.05, 0) is 36.4 Å². The van der Waals surface area contributed by atoms with Crippen molar-refractivity contribution in [1.82, 2.24) is 0 Å². The second-order valence-corrected chi connectivity index (χ2v) is 4.59. The number of rotatable bonds is 4. The van der Waals surface area contributed by atoms with Crippen LogP contribution in [0.15, 0.2) is 54.6 Å². The van der Waals surface area contributed by atoms with Gasteiger partial charge in [0.1, 0.15) is 0 Å². The molecule has 0 amide bonds. The molecule has 18 heavy (non-hydrogen) atoms. The molecule has 92 valence electrons. The zero-order valence-corrected chi connectivity index (χ0v) is 10.7. The Bertz CT molecular complexity index is 515. The lowest BCUT2D eigenvalue weighted by atomic mass is 10.0. The largest absolute Gasteiger partial charge is 0.356 e. The van der Waals surface area contributed by atoms with Crippen LogP contribution in [0.3, 0.4) is 0 Å². The maximum absolute atomic E-state index is 11.8. The van der Waals surface area contributed by atoms with Crippen LogP contribution in [0.25, 0.3) is 0 Å². The molecular weight excluding hydrogens is 222 g/mol. The van der Waals surface area contributed by atoms with Gasteiger partial charge in [-0.25, -0.2) is 0 Å². The van der Waals surface area contributed by atoms with Gasteiger partial charge in [0.25, 0.3) is 0 Å². The third-order valence-corrected chi connectivity index (χ3v) is 2.76. The molecule has 0 saturated carbocycles. The van der Waals surface area contributed by atoms with Crippen LogP contribution in [0.2, 0.25) is 0 Å². The first-order valence-corrected chi connectivity index (χ1v) is 6.13. The summed E-state index contributed by atoms with van der Waals surface area (Å²) in [5.74, 6) is 0.221. The minimum Gasteiger partial charge on any atom is -0.356 e. The number of Topliss-reactive ketones (excluding diaryl/α,β-unsaturated/α-hetero) is 1. The zero-order valence-electron chi connectivity index (χ0n) is 10.7. The molecule has 0 saturated heterocycles. The Morgan fingerprint density at radius 1 is 0.889 bits per heavy atom. The molecule has 0 aromatic heterocycles. The molecule has 0 aliphatic heterocycles. The highest BCUT2D eigenvalue weighted by atomic mass is 16.1. The fraction of sp³-hybridized carbons (Fsp3) is 0.188. The summed E-state index contributed by atoms with van der Waals surface area (Å²) in [6.07, 6.45) is 0. The van der Waals surface area contributed by atoms with Crippen molar-refractivity contribution in [3.8, 4) is 0 Å². The standard InChI is InChI=1S/C16H17NO/c1-12(2)16(18)13-8-10-15(11-9-13)17-14-6-4-3-5-7-14/h3-12,17H,1-2H3. The third kappa shape index (κ3) is 2.98. The van der Waals surface area contributed by atoms with Crippen LogP contribution in [-0.2, 0) is 0 Å². The molecule has 2 aromatic rings. The number of hydrogen-bond donors (Lipinski definition) is 1. The van der Waals surface area contributed by atoms with Gasteiger partial charge in [0, 0.05) is 22.9 Å². The van der Waals surface area contributed by atoms with Gasteiger partial charge in [0.15, 0.2) is 5.78 Å². The lowest BCUT2D eigenvalue weighted by molar-refractivity contribution is 0.0939. The van der Waals surface area contributed by atoms with E-state index >= 15 is 0 Å². The Labute approximate surface area is 108 Å². The summed E-state index contributed by atoms with van der Waals surface area (Å²) in [6.45, 7) is 3.83. The Hall–Kier alpha value is -2.09. The van der Waals surface area contributed by atoms with E-state index in [-0.39, 0.29) is 11.7 Å². The van der Waals surface area contributed by atoms with E-state index in [9.17, 15) is 4.79 Å². The van der Waals surface area contributed by atoms with Crippen molar-refractivity contribution in [2.24, 2.45) is 5.92 Å². The molecular formula is C16H17NO. The van der Waals surface area contributed by atoms with E-state index in [0.29, 0.717) is 0 Å². The number of nitrogens with one attached hydrogen (secondary N) is 1. The molecule has 1 N–H and O–H groups in total. The molecule has 0 radical (unpaired) electrons. The highest BCUT2D eigenvalue weighted by Crippen LogP contribution is 2.17. The van der Waals surface area contributed by atoms with Gasteiger partial charge in [-0.15, -0.1) is 0 Å². The molecule has 0 atom stereocenters. The van der Waals surface area contributed by atoms with E-state index in [4.69, 9.17) is 0 Å². The van der Waals surface area contributed by atoms with Crippen molar-refractivity contribution >= 4 is 17.2 Å². The minimum atomic E-state index is 0.0398. The average molecular weight is 239 g/mol. The Kier molecular flexibility index (Phi) is 3.78. The summed E-state index contributed by atoms with van der Waals surface area (Å²) in [7, 11) is 0. The SMILES string of the molecule is CC(C)C(=O)c1ccc(Nc2ccccc2)cc1. The molecule has 2 nitrogen and oxygen atoms in total. The molecule has 2 aromatic carbocycles. The van der Waals surface area contributed by atoms with Crippen LogP contribution >= 0.6 is 0 Å². The van der Waals surface area contributed by atoms with Gasteiger partial charge in [-0.2, -0.15) is 0 Å². The first-order chi connectivity index (χ1) is 8.66. The molecule has 2 heteroatoms. The van der Waals surface area contributed by atoms with E-state index in [2.05, 4.69) is 5.32 Å². The summed E-state index contributed by atoms with van der Waals surface area (Å²) in [5, 5.41) is 3.29. The van der Waals surface area contributed by atoms with Gasteiger partial charge in [-0.3, -0.25) is 4.79 Å². The number of ketones is 1. The molecule has 0 fully saturated rings. The molecule has 0 aliphatic carbocycles. The number of hydrogen-bond acceptors (Lipinski definition) is 2. The van der Waals surface area contributed by atoms with Gasteiger partial charge in [-0.1, -0.05) is 32.0 Å². The fourth-order valence-corrected chi connectivity index (χ4v) is 1.74. The second kappa shape index (κ2) is 5.50. The zero-order chi connectivity index (χ0) is 13.0. The molecule has 2 rings (SSSR count). The lowest BCUT2D eigenvalue weighted by Crippen LogP contribution is -2.07. The van der Waals surface area contributed by atoms with E-state index in [0.717, 1.165) is 16.9 Å². The average Bonchev–Trinajstić information content (AvgIpc) is 2.40. The van der Waals surface area contributed by atoms with Crippen molar-refractivity contribution in [1.29, 1.82) is 0 Å². The van der Waals surface area contributed by atoms with Gasteiger partial charge >= 0.3 is 0 Å². The Balaban J connectivity index is 2.11. The molecule has 0 unspecified atom stereocenters. The van der Waals surface area contributed by atoms with Crippen LogP contribution in [0.5, 0.6) is 0 Å². The van der Waals surface area contributed by atoms with Crippen molar-refractivity contribution in [2.45, 2.75) is 13.8 Å². The van der Waals surface area contributed by atoms with Crippen molar-refractivity contribution in [2.75, 3.05) is 5.32 Å². The highest BCUT2D eigenvalue weighted by molar-refractivity contribution is 5.97.